The van der Waals surface area contributed by atoms with Crippen molar-refractivity contribution in [2.45, 2.75) is 57.9 Å². The van der Waals surface area contributed by atoms with Crippen LogP contribution in [0.4, 0.5) is 14.9 Å². The number of benzene rings is 3. The fraction of sp³-hybridized carbons (Fsp3) is 0.281. The van der Waals surface area contributed by atoms with E-state index in [4.69, 9.17) is 0 Å². The second kappa shape index (κ2) is 11.0. The van der Waals surface area contributed by atoms with E-state index in [1.807, 2.05) is 18.2 Å². The molecule has 2 amide bonds. The first kappa shape index (κ1) is 27.1. The van der Waals surface area contributed by atoms with Gasteiger partial charge >= 0.3 is 6.03 Å². The van der Waals surface area contributed by atoms with Crippen LogP contribution in [0.5, 0.6) is 5.75 Å². The van der Waals surface area contributed by atoms with Gasteiger partial charge in [0.05, 0.1) is 11.4 Å². The first-order valence-corrected chi connectivity index (χ1v) is 13.5. The highest BCUT2D eigenvalue weighted by Gasteiger charge is 2.27. The van der Waals surface area contributed by atoms with Gasteiger partial charge in [0.1, 0.15) is 11.6 Å². The monoisotopic (exact) mass is 540 g/mol. The Labute approximate surface area is 233 Å². The number of phenolic OH excluding ortho intramolecular Hbond substituents is 1. The zero-order chi connectivity index (χ0) is 28.4. The third-order valence-electron chi connectivity index (χ3n) is 7.33. The number of carbonyl (C=O) groups is 2. The van der Waals surface area contributed by atoms with Crippen LogP contribution in [0.3, 0.4) is 0 Å². The van der Waals surface area contributed by atoms with Gasteiger partial charge in [0.15, 0.2) is 0 Å². The standard InChI is InChI=1S/C32H33FN4O3/c1-32(2,3)23-12-10-22(11-13-23)30(39)35-25-14-15-26(29(38)17-25)27-18-28(21-7-5-8-21)37(36-27)31(40)34-19-20-6-4-9-24(33)16-20/h4,6,9-18,21,38H,5,7-8,19H2,1-3H3,(H,34,40)(H,35,39). The summed E-state index contributed by atoms with van der Waals surface area (Å²) in [5.41, 5.74) is 4.40. The van der Waals surface area contributed by atoms with Gasteiger partial charge in [-0.2, -0.15) is 9.78 Å². The smallest absolute Gasteiger partial charge is 0.342 e. The predicted molar refractivity (Wildman–Crippen MR) is 153 cm³/mol. The van der Waals surface area contributed by atoms with Crippen LogP contribution in [0, 0.1) is 5.82 Å². The maximum absolute atomic E-state index is 13.5. The topological polar surface area (TPSA) is 96.3 Å². The van der Waals surface area contributed by atoms with Crippen molar-refractivity contribution in [1.29, 1.82) is 0 Å². The van der Waals surface area contributed by atoms with Gasteiger partial charge in [-0.1, -0.05) is 51.5 Å². The Morgan fingerprint density at radius 2 is 1.77 bits per heavy atom. The lowest BCUT2D eigenvalue weighted by atomic mass is 9.82. The molecule has 1 fully saturated rings. The molecule has 7 nitrogen and oxygen atoms in total. The third-order valence-corrected chi connectivity index (χ3v) is 7.33. The molecule has 0 unspecified atom stereocenters. The van der Waals surface area contributed by atoms with Gasteiger partial charge in [0.25, 0.3) is 5.91 Å². The van der Waals surface area contributed by atoms with Gasteiger partial charge in [-0.3, -0.25) is 4.79 Å². The number of nitrogens with zero attached hydrogens (tertiary/aromatic N) is 2. The molecule has 206 valence electrons. The van der Waals surface area contributed by atoms with Crippen molar-refractivity contribution >= 4 is 17.6 Å². The second-order valence-electron chi connectivity index (χ2n) is 11.3. The van der Waals surface area contributed by atoms with E-state index in [1.54, 1.807) is 36.4 Å². The van der Waals surface area contributed by atoms with Crippen molar-refractivity contribution in [2.75, 3.05) is 5.32 Å². The summed E-state index contributed by atoms with van der Waals surface area (Å²) in [7, 11) is 0. The van der Waals surface area contributed by atoms with Gasteiger partial charge in [-0.25, -0.2) is 9.18 Å². The number of anilines is 1. The van der Waals surface area contributed by atoms with Crippen LogP contribution in [0.25, 0.3) is 11.3 Å². The zero-order valence-corrected chi connectivity index (χ0v) is 22.9. The lowest BCUT2D eigenvalue weighted by Gasteiger charge is -2.25. The van der Waals surface area contributed by atoms with E-state index in [0.29, 0.717) is 28.1 Å². The maximum atomic E-state index is 13.5. The molecular weight excluding hydrogens is 507 g/mol. The van der Waals surface area contributed by atoms with E-state index in [0.717, 1.165) is 30.5 Å². The Kier molecular flexibility index (Phi) is 7.43. The van der Waals surface area contributed by atoms with Crippen LogP contribution in [-0.4, -0.2) is 26.8 Å². The molecule has 0 atom stereocenters. The van der Waals surface area contributed by atoms with E-state index in [1.165, 1.54) is 22.9 Å². The highest BCUT2D eigenvalue weighted by atomic mass is 19.1. The van der Waals surface area contributed by atoms with Crippen LogP contribution in [0.2, 0.25) is 0 Å². The van der Waals surface area contributed by atoms with Gasteiger partial charge in [0.2, 0.25) is 0 Å². The fourth-order valence-corrected chi connectivity index (χ4v) is 4.73. The lowest BCUT2D eigenvalue weighted by molar-refractivity contribution is 0.102. The normalized spacial score (nSPS) is 13.5. The van der Waals surface area contributed by atoms with Crippen LogP contribution in [0.15, 0.2) is 72.8 Å². The average molecular weight is 541 g/mol. The van der Waals surface area contributed by atoms with Crippen molar-refractivity contribution in [3.05, 3.63) is 101 Å². The Morgan fingerprint density at radius 3 is 2.40 bits per heavy atom. The number of nitrogens with one attached hydrogen (secondary N) is 2. The number of amides is 2. The molecule has 3 aromatic carbocycles. The molecule has 1 saturated carbocycles. The first-order valence-electron chi connectivity index (χ1n) is 13.5. The van der Waals surface area contributed by atoms with E-state index in [-0.39, 0.29) is 35.4 Å². The van der Waals surface area contributed by atoms with Crippen LogP contribution < -0.4 is 10.6 Å². The Morgan fingerprint density at radius 1 is 1.02 bits per heavy atom. The van der Waals surface area contributed by atoms with Gasteiger partial charge in [0, 0.05) is 35.3 Å². The Balaban J connectivity index is 1.33. The van der Waals surface area contributed by atoms with Gasteiger partial charge in [-0.15, -0.1) is 0 Å². The Hall–Kier alpha value is -4.46. The Bertz CT molecular complexity index is 1550. The molecule has 0 spiro atoms. The van der Waals surface area contributed by atoms with Crippen molar-refractivity contribution in [1.82, 2.24) is 15.1 Å². The summed E-state index contributed by atoms with van der Waals surface area (Å²) >= 11 is 0. The zero-order valence-electron chi connectivity index (χ0n) is 22.9. The third kappa shape index (κ3) is 5.91. The first-order chi connectivity index (χ1) is 19.1. The van der Waals surface area contributed by atoms with E-state index in [9.17, 15) is 19.1 Å². The number of phenols is 1. The summed E-state index contributed by atoms with van der Waals surface area (Å²) in [6.07, 6.45) is 2.99. The molecule has 4 aromatic rings. The summed E-state index contributed by atoms with van der Waals surface area (Å²) < 4.78 is 14.9. The molecule has 0 aliphatic heterocycles. The lowest BCUT2D eigenvalue weighted by Crippen LogP contribution is -2.31. The summed E-state index contributed by atoms with van der Waals surface area (Å²) in [6.45, 7) is 6.51. The minimum Gasteiger partial charge on any atom is -0.507 e. The number of halogens is 1. The summed E-state index contributed by atoms with van der Waals surface area (Å²) in [5.74, 6) is -0.506. The van der Waals surface area contributed by atoms with Crippen molar-refractivity contribution in [3.63, 3.8) is 0 Å². The molecule has 0 bridgehead atoms. The van der Waals surface area contributed by atoms with Crippen LogP contribution in [-0.2, 0) is 12.0 Å². The summed E-state index contributed by atoms with van der Waals surface area (Å²) in [4.78, 5) is 25.9. The molecule has 1 aliphatic rings. The minimum absolute atomic E-state index is 0.00983. The summed E-state index contributed by atoms with van der Waals surface area (Å²) in [6, 6.07) is 19.8. The molecule has 0 radical (unpaired) electrons. The molecule has 40 heavy (non-hydrogen) atoms. The maximum Gasteiger partial charge on any atom is 0.342 e. The predicted octanol–water partition coefficient (Wildman–Crippen LogP) is 6.97. The average Bonchev–Trinajstić information content (AvgIpc) is 3.30. The number of aromatic hydroxyl groups is 1. The number of carbonyl (C=O) groups excluding carboxylic acids is 2. The molecule has 3 N–H and O–H groups in total. The van der Waals surface area contributed by atoms with Crippen molar-refractivity contribution in [2.24, 2.45) is 0 Å². The van der Waals surface area contributed by atoms with Gasteiger partial charge in [-0.05, 0) is 71.8 Å². The van der Waals surface area contributed by atoms with E-state index >= 15 is 0 Å². The highest BCUT2D eigenvalue weighted by Crippen LogP contribution is 2.39. The van der Waals surface area contributed by atoms with Crippen molar-refractivity contribution in [3.8, 4) is 17.0 Å². The van der Waals surface area contributed by atoms with E-state index in [2.05, 4.69) is 36.5 Å². The molecule has 0 saturated heterocycles. The number of hydrogen-bond donors (Lipinski definition) is 3. The SMILES string of the molecule is CC(C)(C)c1ccc(C(=O)Nc2ccc(-c3cc(C4CCC4)n(C(=O)NCc4cccc(F)c4)n3)c(O)c2)cc1. The molecule has 5 rings (SSSR count). The molecule has 1 aromatic heterocycles. The largest absolute Gasteiger partial charge is 0.507 e. The quantitative estimate of drug-likeness (QED) is 0.246. The molecule has 1 aliphatic carbocycles. The second-order valence-corrected chi connectivity index (χ2v) is 11.3. The number of rotatable bonds is 6. The molecule has 1 heterocycles. The molecule has 8 heteroatoms. The highest BCUT2D eigenvalue weighted by molar-refractivity contribution is 6.04. The van der Waals surface area contributed by atoms with Crippen LogP contribution >= 0.6 is 0 Å². The fourth-order valence-electron chi connectivity index (χ4n) is 4.73. The number of hydrogen-bond acceptors (Lipinski definition) is 4. The van der Waals surface area contributed by atoms with Gasteiger partial charge < -0.3 is 15.7 Å². The van der Waals surface area contributed by atoms with E-state index < -0.39 is 6.03 Å². The van der Waals surface area contributed by atoms with Crippen LogP contribution in [0.1, 0.15) is 73.1 Å². The van der Waals surface area contributed by atoms with Crippen molar-refractivity contribution < 1.29 is 19.1 Å². The number of aromatic nitrogens is 2. The summed E-state index contributed by atoms with van der Waals surface area (Å²) in [5, 5.41) is 21.0. The minimum atomic E-state index is -0.418. The molecular formula is C32H33FN4O3.